The second-order valence-corrected chi connectivity index (χ2v) is 9.10. The number of benzene rings is 1. The number of carbonyl (C=O) groups excluding carboxylic acids is 3. The van der Waals surface area contributed by atoms with Crippen LogP contribution >= 0.6 is 0 Å². The van der Waals surface area contributed by atoms with Crippen LogP contribution in [0.15, 0.2) is 42.5 Å². The van der Waals surface area contributed by atoms with Gasteiger partial charge in [-0.05, 0) is 49.7 Å². The van der Waals surface area contributed by atoms with Gasteiger partial charge in [-0.1, -0.05) is 36.3 Å². The quantitative estimate of drug-likeness (QED) is 0.408. The molecule has 1 spiro atoms. The highest BCUT2D eigenvalue weighted by molar-refractivity contribution is 5.94. The van der Waals surface area contributed by atoms with Crippen LogP contribution in [0.4, 0.5) is 0 Å². The molecule has 2 aliphatic heterocycles. The molecule has 6 heteroatoms. The average Bonchev–Trinajstić information content (AvgIpc) is 3.26. The second-order valence-electron chi connectivity index (χ2n) is 9.10. The van der Waals surface area contributed by atoms with Crippen LogP contribution in [0.5, 0.6) is 0 Å². The molecule has 1 aromatic carbocycles. The Balaban J connectivity index is 1.33. The Morgan fingerprint density at radius 1 is 0.938 bits per heavy atom. The summed E-state index contributed by atoms with van der Waals surface area (Å²) in [6.07, 6.45) is 7.80. The number of ether oxygens (including phenoxy) is 1. The summed E-state index contributed by atoms with van der Waals surface area (Å²) >= 11 is 0. The Bertz CT molecular complexity index is 951. The molecule has 2 fully saturated rings. The minimum Gasteiger partial charge on any atom is -0.469 e. The minimum atomic E-state index is -0.392. The molecular weight excluding hydrogens is 404 g/mol. The molecule has 6 nitrogen and oxygen atoms in total. The first-order valence-corrected chi connectivity index (χ1v) is 11.4. The van der Waals surface area contributed by atoms with E-state index >= 15 is 0 Å². The lowest BCUT2D eigenvalue weighted by Gasteiger charge is -2.39. The molecular formula is C26H30N2O4. The first-order valence-electron chi connectivity index (χ1n) is 11.4. The highest BCUT2D eigenvalue weighted by Crippen LogP contribution is 2.41. The lowest BCUT2D eigenvalue weighted by atomic mass is 9.77. The summed E-state index contributed by atoms with van der Waals surface area (Å²) in [7, 11) is 1.38. The molecule has 2 saturated heterocycles. The third-order valence-corrected chi connectivity index (χ3v) is 7.20. The highest BCUT2D eigenvalue weighted by atomic mass is 16.5. The van der Waals surface area contributed by atoms with E-state index < -0.39 is 5.92 Å². The van der Waals surface area contributed by atoms with E-state index in [0.717, 1.165) is 24.8 Å². The number of hydrogen-bond acceptors (Lipinski definition) is 4. The molecule has 0 radical (unpaired) electrons. The molecule has 1 aliphatic carbocycles. The number of piperidine rings is 1. The van der Waals surface area contributed by atoms with Gasteiger partial charge in [0.1, 0.15) is 0 Å². The number of allylic oxidation sites excluding steroid dienone is 2. The van der Waals surface area contributed by atoms with E-state index in [1.165, 1.54) is 7.11 Å². The van der Waals surface area contributed by atoms with Crippen LogP contribution in [0.25, 0.3) is 0 Å². The van der Waals surface area contributed by atoms with E-state index in [9.17, 15) is 14.4 Å². The fourth-order valence-electron chi connectivity index (χ4n) is 5.18. The number of likely N-dealkylation sites (tertiary alicyclic amines) is 2. The number of hydrogen-bond donors (Lipinski definition) is 0. The van der Waals surface area contributed by atoms with Gasteiger partial charge >= 0.3 is 5.97 Å². The van der Waals surface area contributed by atoms with Crippen molar-refractivity contribution >= 4 is 17.8 Å². The normalized spacial score (nSPS) is 24.0. The molecule has 4 rings (SSSR count). The Hall–Kier alpha value is -3.07. The molecule has 2 heterocycles. The third-order valence-electron chi connectivity index (χ3n) is 7.20. The Morgan fingerprint density at radius 2 is 1.56 bits per heavy atom. The summed E-state index contributed by atoms with van der Waals surface area (Å²) in [5.74, 6) is 4.60. The van der Waals surface area contributed by atoms with Crippen molar-refractivity contribution in [2.75, 3.05) is 33.3 Å². The van der Waals surface area contributed by atoms with Crippen LogP contribution in [-0.4, -0.2) is 60.9 Å². The number of amides is 2. The van der Waals surface area contributed by atoms with Gasteiger partial charge in [0.15, 0.2) is 0 Å². The Kier molecular flexibility index (Phi) is 6.64. The van der Waals surface area contributed by atoms with Crippen LogP contribution in [0.2, 0.25) is 0 Å². The number of rotatable bonds is 2. The zero-order valence-electron chi connectivity index (χ0n) is 18.6. The number of nitrogens with zero attached hydrogens (tertiary/aromatic N) is 2. The summed E-state index contributed by atoms with van der Waals surface area (Å²) < 4.78 is 4.93. The van der Waals surface area contributed by atoms with Gasteiger partial charge in [0, 0.05) is 37.7 Å². The Labute approximate surface area is 189 Å². The smallest absolute Gasteiger partial charge is 0.309 e. The predicted molar refractivity (Wildman–Crippen MR) is 120 cm³/mol. The third kappa shape index (κ3) is 4.72. The molecule has 2 amide bonds. The first kappa shape index (κ1) is 22.1. The van der Waals surface area contributed by atoms with Gasteiger partial charge in [0.25, 0.3) is 5.91 Å². The maximum atomic E-state index is 13.3. The lowest BCUT2D eigenvalue weighted by molar-refractivity contribution is -0.153. The highest BCUT2D eigenvalue weighted by Gasteiger charge is 2.45. The lowest BCUT2D eigenvalue weighted by Crippen LogP contribution is -2.46. The topological polar surface area (TPSA) is 66.9 Å². The maximum absolute atomic E-state index is 13.3. The SMILES string of the molecule is COC(=O)[C@H]1CC=CC[C@H]1C(=O)N1CCC2(CCN(C(=O)C#Cc3ccccc3)CC2)C1. The van der Waals surface area contributed by atoms with Gasteiger partial charge in [0.2, 0.25) is 5.91 Å². The predicted octanol–water partition coefficient (Wildman–Crippen LogP) is 2.63. The van der Waals surface area contributed by atoms with Crippen molar-refractivity contribution in [3.8, 4) is 11.8 Å². The molecule has 3 aliphatic rings. The van der Waals surface area contributed by atoms with Crippen LogP contribution in [0.3, 0.4) is 0 Å². The standard InChI is InChI=1S/C26H30N2O4/c1-32-25(31)22-10-6-5-9-21(22)24(30)28-18-15-26(19-28)13-16-27(17-14-26)23(29)12-11-20-7-3-2-4-8-20/h2-8,21-22H,9-10,13-19H2,1H3/t21-,22+/m1/s1. The van der Waals surface area contributed by atoms with E-state index in [1.54, 1.807) is 0 Å². The van der Waals surface area contributed by atoms with Crippen molar-refractivity contribution in [2.24, 2.45) is 17.3 Å². The monoisotopic (exact) mass is 434 g/mol. The van der Waals surface area contributed by atoms with Crippen LogP contribution in [0, 0.1) is 29.1 Å². The van der Waals surface area contributed by atoms with Gasteiger partial charge in [-0.25, -0.2) is 0 Å². The molecule has 0 unspecified atom stereocenters. The molecule has 0 N–H and O–H groups in total. The molecule has 0 aromatic heterocycles. The average molecular weight is 435 g/mol. The van der Waals surface area contributed by atoms with Gasteiger partial charge in [-0.15, -0.1) is 0 Å². The molecule has 0 bridgehead atoms. The number of esters is 1. The fourth-order valence-corrected chi connectivity index (χ4v) is 5.18. The molecule has 168 valence electrons. The van der Waals surface area contributed by atoms with E-state index in [1.807, 2.05) is 52.3 Å². The minimum absolute atomic E-state index is 0.0601. The summed E-state index contributed by atoms with van der Waals surface area (Å²) in [6, 6.07) is 9.52. The van der Waals surface area contributed by atoms with Crippen molar-refractivity contribution in [1.82, 2.24) is 9.80 Å². The number of methoxy groups -OCH3 is 1. The van der Waals surface area contributed by atoms with E-state index in [0.29, 0.717) is 39.0 Å². The van der Waals surface area contributed by atoms with E-state index in [-0.39, 0.29) is 29.1 Å². The summed E-state index contributed by atoms with van der Waals surface area (Å²) in [5.41, 5.74) is 0.895. The largest absolute Gasteiger partial charge is 0.469 e. The van der Waals surface area contributed by atoms with Crippen molar-refractivity contribution in [3.05, 3.63) is 48.0 Å². The number of carbonyl (C=O) groups is 3. The fraction of sp³-hybridized carbons (Fsp3) is 0.500. The van der Waals surface area contributed by atoms with Crippen molar-refractivity contribution in [1.29, 1.82) is 0 Å². The zero-order valence-corrected chi connectivity index (χ0v) is 18.6. The van der Waals surface area contributed by atoms with Gasteiger partial charge < -0.3 is 14.5 Å². The van der Waals surface area contributed by atoms with Gasteiger partial charge in [-0.3, -0.25) is 14.4 Å². The molecule has 1 aromatic rings. The summed E-state index contributed by atoms with van der Waals surface area (Å²) in [4.78, 5) is 41.7. The van der Waals surface area contributed by atoms with Crippen molar-refractivity contribution < 1.29 is 19.1 Å². The maximum Gasteiger partial charge on any atom is 0.309 e. The summed E-state index contributed by atoms with van der Waals surface area (Å²) in [5, 5.41) is 0. The zero-order chi connectivity index (χ0) is 22.6. The van der Waals surface area contributed by atoms with E-state index in [2.05, 4.69) is 11.8 Å². The summed E-state index contributed by atoms with van der Waals surface area (Å²) in [6.45, 7) is 2.76. The molecule has 0 saturated carbocycles. The Morgan fingerprint density at radius 3 is 2.22 bits per heavy atom. The van der Waals surface area contributed by atoms with Crippen LogP contribution < -0.4 is 0 Å². The first-order chi connectivity index (χ1) is 15.5. The van der Waals surface area contributed by atoms with Gasteiger partial charge in [-0.2, -0.15) is 0 Å². The van der Waals surface area contributed by atoms with Crippen LogP contribution in [-0.2, 0) is 19.1 Å². The molecule has 2 atom stereocenters. The van der Waals surface area contributed by atoms with Crippen molar-refractivity contribution in [3.63, 3.8) is 0 Å². The van der Waals surface area contributed by atoms with Crippen LogP contribution in [0.1, 0.15) is 37.7 Å². The molecule has 32 heavy (non-hydrogen) atoms. The van der Waals surface area contributed by atoms with Crippen molar-refractivity contribution in [2.45, 2.75) is 32.1 Å². The van der Waals surface area contributed by atoms with E-state index in [4.69, 9.17) is 4.74 Å². The second kappa shape index (κ2) is 9.60. The van der Waals surface area contributed by atoms with Gasteiger partial charge in [0.05, 0.1) is 18.9 Å².